The molecule has 0 fully saturated rings. The fraction of sp³-hybridized carbons (Fsp3) is 0.0227. The molecule has 0 unspecified atom stereocenters. The summed E-state index contributed by atoms with van der Waals surface area (Å²) in [6, 6.07) is 160. The van der Waals surface area contributed by atoms with Crippen LogP contribution in [0.2, 0.25) is 0 Å². The summed E-state index contributed by atoms with van der Waals surface area (Å²) in [5.74, 6) is 1.54. The van der Waals surface area contributed by atoms with Gasteiger partial charge in [-0.15, -0.1) is 0 Å². The first-order valence-corrected chi connectivity index (χ1v) is 48.6. The second-order valence-electron chi connectivity index (χ2n) is 38.2. The van der Waals surface area contributed by atoms with Crippen LogP contribution >= 0.6 is 0 Å². The lowest BCUT2D eigenvalue weighted by atomic mass is 9.82. The maximum Gasteiger partial charge on any atom is 0.235 e. The fourth-order valence-corrected chi connectivity index (χ4v) is 24.1. The average molecular weight is 1810 g/mol. The van der Waals surface area contributed by atoms with Gasteiger partial charge in [-0.25, -0.2) is 15.0 Å². The summed E-state index contributed by atoms with van der Waals surface area (Å²) in [4.78, 5) is 17.9. The summed E-state index contributed by atoms with van der Waals surface area (Å²) in [5.41, 5.74) is 30.6. The van der Waals surface area contributed by atoms with Crippen LogP contribution in [0, 0.1) is 0 Å². The average Bonchev–Trinajstić information content (AvgIpc) is 1.54. The van der Waals surface area contributed by atoms with E-state index in [1.54, 1.807) is 0 Å². The van der Waals surface area contributed by atoms with Gasteiger partial charge in [0.15, 0.2) is 0 Å². The van der Waals surface area contributed by atoms with Crippen LogP contribution in [0.4, 0.5) is 17.1 Å². The van der Waals surface area contributed by atoms with Crippen molar-refractivity contribution in [3.05, 3.63) is 466 Å². The summed E-state index contributed by atoms with van der Waals surface area (Å²) >= 11 is 0. The predicted octanol–water partition coefficient (Wildman–Crippen LogP) is 35.9. The van der Waals surface area contributed by atoms with Crippen LogP contribution in [0.3, 0.4) is 0 Å². The standard InChI is InChI=1S/C51H34N2O.C41H24N2O.C40H23N3O/c1-51(2)41-19-9-8-16-37(41)38-27-26-34(30-42(38)51)52(31-12-4-3-5-13-31)32-22-24-33(25-23-32)53-43-20-10-17-39-35-14-6-7-15-36(35)40-18-11-21-45-48(40)50-46(54-45)29-28-44(53)49(50)47(39)43;1-2-8-25(9-3-1)26-16-18-27(19-17-26)28-20-23-37(42-24-28)43-33-14-6-12-31-29-10-4-5-11-30(29)32-13-7-15-35-39(32)41-36(44-35)22-21-34(43)40(41)38(31)33;1-3-11-24(12-4-1)30-23-31(25-13-5-2-6-14-25)42-40(41-30)43-32-19-9-17-28-26-15-7-8-16-27(26)29-18-10-20-34-37(29)39-35(44-34)22-21-33(43)38(39)36(28)32/h3-30H,1-2H3;1-24H;1-23H. The van der Waals surface area contributed by atoms with E-state index in [0.29, 0.717) is 5.95 Å². The molecule has 10 heteroatoms. The van der Waals surface area contributed by atoms with Crippen molar-refractivity contribution < 1.29 is 13.3 Å². The van der Waals surface area contributed by atoms with Crippen LogP contribution in [0.15, 0.2) is 468 Å². The van der Waals surface area contributed by atoms with Crippen molar-refractivity contribution in [2.24, 2.45) is 0 Å². The molecular weight excluding hydrogens is 1730 g/mol. The highest BCUT2D eigenvalue weighted by Gasteiger charge is 2.37. The first-order valence-electron chi connectivity index (χ1n) is 48.6. The minimum Gasteiger partial charge on any atom is -0.456 e. The van der Waals surface area contributed by atoms with E-state index in [9.17, 15) is 0 Å². The number of hydrogen-bond acceptors (Lipinski definition) is 7. The highest BCUT2D eigenvalue weighted by molar-refractivity contribution is 6.42. The molecule has 0 amide bonds. The Labute approximate surface area is 812 Å². The van der Waals surface area contributed by atoms with Crippen LogP contribution in [0.25, 0.3) is 269 Å². The van der Waals surface area contributed by atoms with E-state index >= 15 is 0 Å². The lowest BCUT2D eigenvalue weighted by Gasteiger charge is -2.28. The lowest BCUT2D eigenvalue weighted by molar-refractivity contribution is 0.660. The van der Waals surface area contributed by atoms with Crippen LogP contribution in [0.1, 0.15) is 25.0 Å². The molecular formula is C132H81N7O3. The van der Waals surface area contributed by atoms with Crippen molar-refractivity contribution in [3.8, 4) is 73.3 Å². The molecule has 8 aromatic heterocycles. The van der Waals surface area contributed by atoms with Crippen LogP contribution < -0.4 is 4.90 Å². The molecule has 32 rings (SSSR count). The number of hydrogen-bond donors (Lipinski definition) is 0. The molecule has 0 saturated heterocycles. The summed E-state index contributed by atoms with van der Waals surface area (Å²) < 4.78 is 26.6. The normalized spacial score (nSPS) is 12.6. The van der Waals surface area contributed by atoms with Gasteiger partial charge in [-0.1, -0.05) is 323 Å². The highest BCUT2D eigenvalue weighted by atomic mass is 16.3. The number of pyridine rings is 1. The number of para-hydroxylation sites is 1. The molecule has 0 aliphatic heterocycles. The third-order valence-electron chi connectivity index (χ3n) is 30.3. The van der Waals surface area contributed by atoms with E-state index in [0.717, 1.165) is 129 Å². The molecule has 0 atom stereocenters. The Morgan fingerprint density at radius 3 is 1.02 bits per heavy atom. The monoisotopic (exact) mass is 1810 g/mol. The quantitative estimate of drug-likeness (QED) is 0.135. The zero-order chi connectivity index (χ0) is 93.3. The number of nitrogens with zero attached hydrogens (tertiary/aromatic N) is 7. The maximum atomic E-state index is 6.58. The Balaban J connectivity index is 0.000000100. The topological polar surface area (TPSA) is 96.1 Å². The number of anilines is 3. The Hall–Kier alpha value is -18.8. The van der Waals surface area contributed by atoms with Gasteiger partial charge in [0.2, 0.25) is 5.95 Å². The van der Waals surface area contributed by atoms with E-state index in [1.807, 2.05) is 24.4 Å². The molecule has 1 aliphatic carbocycles. The Bertz CT molecular complexity index is 10500. The van der Waals surface area contributed by atoms with Gasteiger partial charge < -0.3 is 22.7 Å². The highest BCUT2D eigenvalue weighted by Crippen LogP contribution is 2.55. The molecule has 0 N–H and O–H groups in total. The van der Waals surface area contributed by atoms with Crippen molar-refractivity contribution in [1.29, 1.82) is 0 Å². The van der Waals surface area contributed by atoms with E-state index in [1.165, 1.54) is 163 Å². The van der Waals surface area contributed by atoms with Gasteiger partial charge in [-0.3, -0.25) is 9.13 Å². The molecule has 662 valence electrons. The lowest BCUT2D eigenvalue weighted by Crippen LogP contribution is -2.16. The Morgan fingerprint density at radius 1 is 0.218 bits per heavy atom. The Morgan fingerprint density at radius 2 is 0.556 bits per heavy atom. The Kier molecular flexibility index (Phi) is 17.1. The molecule has 0 bridgehead atoms. The van der Waals surface area contributed by atoms with Gasteiger partial charge in [-0.05, 0) is 243 Å². The summed E-state index contributed by atoms with van der Waals surface area (Å²) in [6.07, 6.45) is 1.99. The SMILES string of the molecule is CC1(C)c2ccccc2-c2ccc(N(c3ccccc3)c3ccc(-n4c5cccc6c7ccccc7c7cccc8oc9ccc4c(c9c87)c65)cc3)cc21.c1ccc(-c2cc(-c3ccccc3)nc(-n3c4cccc5c6ccccc6c6cccc7oc8ccc3c(c8c76)c54)n2)cc1.c1ccc(-c2ccc(-c3ccc(-n4c5cccc6c7ccccc7c7cccc8oc9ccc4c(c9c87)c65)nc3)cc2)cc1. The van der Waals surface area contributed by atoms with Gasteiger partial charge in [-0.2, -0.15) is 0 Å². The first-order chi connectivity index (χ1) is 70.2. The van der Waals surface area contributed by atoms with Gasteiger partial charge in [0.05, 0.1) is 44.5 Å². The first kappa shape index (κ1) is 79.4. The summed E-state index contributed by atoms with van der Waals surface area (Å²) in [5, 5.41) is 29.0. The van der Waals surface area contributed by atoms with Crippen LogP contribution in [-0.2, 0) is 5.41 Å². The minimum atomic E-state index is -0.0853. The second-order valence-corrected chi connectivity index (χ2v) is 38.2. The van der Waals surface area contributed by atoms with Crippen LogP contribution in [0.5, 0.6) is 0 Å². The number of benzene rings is 20. The zero-order valence-electron chi connectivity index (χ0n) is 77.2. The molecule has 0 spiro atoms. The fourth-order valence-electron chi connectivity index (χ4n) is 24.1. The second kappa shape index (κ2) is 30.6. The van der Waals surface area contributed by atoms with E-state index in [4.69, 9.17) is 28.2 Å². The molecule has 23 aromatic carbocycles. The van der Waals surface area contributed by atoms with Gasteiger partial charge in [0.1, 0.15) is 39.3 Å². The van der Waals surface area contributed by atoms with Gasteiger partial charge in [0, 0.05) is 116 Å². The minimum absolute atomic E-state index is 0.0853. The number of fused-ring (bicyclic) bond motifs is 12. The van der Waals surface area contributed by atoms with Crippen molar-refractivity contribution in [2.75, 3.05) is 4.90 Å². The van der Waals surface area contributed by atoms with Crippen molar-refractivity contribution in [3.63, 3.8) is 0 Å². The molecule has 10 nitrogen and oxygen atoms in total. The van der Waals surface area contributed by atoms with Crippen molar-refractivity contribution in [2.45, 2.75) is 19.3 Å². The predicted molar refractivity (Wildman–Crippen MR) is 590 cm³/mol. The van der Waals surface area contributed by atoms with Crippen molar-refractivity contribution >= 4 is 213 Å². The molecule has 8 heterocycles. The molecule has 142 heavy (non-hydrogen) atoms. The van der Waals surface area contributed by atoms with E-state index in [2.05, 4.69) is 463 Å². The van der Waals surface area contributed by atoms with Gasteiger partial charge >= 0.3 is 0 Å². The third-order valence-corrected chi connectivity index (χ3v) is 30.3. The molecule has 31 aromatic rings. The number of furan rings is 3. The van der Waals surface area contributed by atoms with Crippen LogP contribution in [-0.4, -0.2) is 28.7 Å². The molecule has 0 radical (unpaired) electrons. The summed E-state index contributed by atoms with van der Waals surface area (Å²) in [6.45, 7) is 4.70. The third kappa shape index (κ3) is 11.7. The number of rotatable bonds is 10. The van der Waals surface area contributed by atoms with Gasteiger partial charge in [0.25, 0.3) is 0 Å². The largest absolute Gasteiger partial charge is 0.456 e. The smallest absolute Gasteiger partial charge is 0.235 e. The molecule has 0 saturated carbocycles. The van der Waals surface area contributed by atoms with E-state index in [-0.39, 0.29) is 5.41 Å². The van der Waals surface area contributed by atoms with E-state index < -0.39 is 0 Å². The molecule has 1 aliphatic rings. The summed E-state index contributed by atoms with van der Waals surface area (Å²) in [7, 11) is 0. The number of aromatic nitrogens is 6. The van der Waals surface area contributed by atoms with Crippen molar-refractivity contribution in [1.82, 2.24) is 28.7 Å². The zero-order valence-corrected chi connectivity index (χ0v) is 77.2. The maximum absolute atomic E-state index is 6.58.